The van der Waals surface area contributed by atoms with E-state index >= 15 is 0 Å². The van der Waals surface area contributed by atoms with Gasteiger partial charge in [0.2, 0.25) is 5.91 Å². The van der Waals surface area contributed by atoms with Crippen LogP contribution in [0.2, 0.25) is 0 Å². The normalized spacial score (nSPS) is 22.4. The predicted octanol–water partition coefficient (Wildman–Crippen LogP) is 2.89. The Labute approximate surface area is 199 Å². The number of benzene rings is 2. The average molecular weight is 477 g/mol. The van der Waals surface area contributed by atoms with Crippen LogP contribution in [0.3, 0.4) is 0 Å². The number of nitriles is 1. The number of nitrogens with zero attached hydrogens (tertiary/aromatic N) is 2. The van der Waals surface area contributed by atoms with E-state index < -0.39 is 32.0 Å². The number of sulfone groups is 1. The van der Waals surface area contributed by atoms with Gasteiger partial charge in [0.25, 0.3) is 0 Å². The number of rotatable bonds is 4. The molecule has 1 amide bonds. The summed E-state index contributed by atoms with van der Waals surface area (Å²) in [6.07, 6.45) is -0.0801. The molecule has 3 atom stereocenters. The summed E-state index contributed by atoms with van der Waals surface area (Å²) in [6, 6.07) is 15.5. The fourth-order valence-corrected chi connectivity index (χ4v) is 6.37. The Kier molecular flexibility index (Phi) is 5.97. The third-order valence-electron chi connectivity index (χ3n) is 6.51. The van der Waals surface area contributed by atoms with Crippen molar-refractivity contribution in [1.82, 2.24) is 4.90 Å². The molecular weight excluding hydrogens is 452 g/mol. The van der Waals surface area contributed by atoms with Crippen LogP contribution in [0, 0.1) is 23.2 Å². The second kappa shape index (κ2) is 8.62. The molecule has 2 aromatic rings. The number of carbonyl (C=O) groups excluding carboxylic acids is 2. The van der Waals surface area contributed by atoms with Crippen LogP contribution in [-0.2, 0) is 30.8 Å². The molecule has 2 aromatic carbocycles. The van der Waals surface area contributed by atoms with Crippen molar-refractivity contribution in [1.29, 1.82) is 5.26 Å². The zero-order chi connectivity index (χ0) is 24.7. The van der Waals surface area contributed by atoms with Gasteiger partial charge in [-0.25, -0.2) is 13.2 Å². The molecule has 2 aliphatic heterocycles. The Morgan fingerprint density at radius 1 is 1.15 bits per heavy atom. The first-order chi connectivity index (χ1) is 16.1. The Balaban J connectivity index is 1.39. The molecule has 7 nitrogen and oxygen atoms in total. The number of fused-ring (bicyclic) bond motifs is 1. The third-order valence-corrected chi connectivity index (χ3v) is 9.31. The van der Waals surface area contributed by atoms with E-state index in [0.717, 1.165) is 21.6 Å². The molecule has 0 N–H and O–H groups in total. The summed E-state index contributed by atoms with van der Waals surface area (Å²) in [6.45, 7) is 4.89. The van der Waals surface area contributed by atoms with E-state index in [0.29, 0.717) is 5.56 Å². The van der Waals surface area contributed by atoms with Crippen molar-refractivity contribution in [3.05, 3.63) is 70.8 Å². The summed E-state index contributed by atoms with van der Waals surface area (Å²) in [5.74, 6) is 5.19. The van der Waals surface area contributed by atoms with E-state index in [1.807, 2.05) is 43.3 Å². The predicted molar refractivity (Wildman–Crippen MR) is 125 cm³/mol. The highest BCUT2D eigenvalue weighted by atomic mass is 32.2. The maximum atomic E-state index is 12.8. The zero-order valence-corrected chi connectivity index (χ0v) is 19.9. The lowest BCUT2D eigenvalue weighted by Crippen LogP contribution is -2.57. The minimum absolute atomic E-state index is 0.0241. The highest BCUT2D eigenvalue weighted by Crippen LogP contribution is 2.46. The van der Waals surface area contributed by atoms with Crippen LogP contribution < -0.4 is 0 Å². The van der Waals surface area contributed by atoms with E-state index in [-0.39, 0.29) is 24.9 Å². The maximum absolute atomic E-state index is 12.8. The lowest BCUT2D eigenvalue weighted by Gasteiger charge is -2.36. The molecule has 0 bridgehead atoms. The van der Waals surface area contributed by atoms with E-state index in [4.69, 9.17) is 10.00 Å². The first-order valence-electron chi connectivity index (χ1n) is 10.9. The molecule has 0 unspecified atom stereocenters. The van der Waals surface area contributed by atoms with E-state index in [1.165, 1.54) is 13.8 Å². The standard InChI is InChI=1S/C26H24N2O5S/c1-17(4-5-18-6-8-19(15-27)9-7-18)21-12-10-20(11-13-21)16-33-25(30)24-26(2,3)34(31,32)23-14-22(29)28(23)24/h6-13,17,23-24H,14,16H2,1-3H3/t17-,23+,24-/m0/s1. The van der Waals surface area contributed by atoms with Gasteiger partial charge in [0, 0.05) is 11.5 Å². The zero-order valence-electron chi connectivity index (χ0n) is 19.1. The van der Waals surface area contributed by atoms with Crippen molar-refractivity contribution in [2.24, 2.45) is 0 Å². The summed E-state index contributed by atoms with van der Waals surface area (Å²) in [5.41, 5.74) is 3.15. The van der Waals surface area contributed by atoms with Gasteiger partial charge in [0.05, 0.1) is 22.8 Å². The van der Waals surface area contributed by atoms with Crippen molar-refractivity contribution >= 4 is 21.7 Å². The average Bonchev–Trinajstić information content (AvgIpc) is 2.95. The van der Waals surface area contributed by atoms with Gasteiger partial charge >= 0.3 is 5.97 Å². The molecule has 4 rings (SSSR count). The molecule has 0 saturated carbocycles. The summed E-state index contributed by atoms with van der Waals surface area (Å²) in [5, 5.41) is 7.94. The van der Waals surface area contributed by atoms with Crippen molar-refractivity contribution < 1.29 is 22.7 Å². The first-order valence-corrected chi connectivity index (χ1v) is 12.4. The van der Waals surface area contributed by atoms with Gasteiger partial charge in [-0.05, 0) is 56.2 Å². The van der Waals surface area contributed by atoms with Gasteiger partial charge in [-0.15, -0.1) is 0 Å². The monoisotopic (exact) mass is 476 g/mol. The molecule has 34 heavy (non-hydrogen) atoms. The molecule has 174 valence electrons. The van der Waals surface area contributed by atoms with Crippen LogP contribution in [0.15, 0.2) is 48.5 Å². The van der Waals surface area contributed by atoms with Crippen LogP contribution in [0.1, 0.15) is 55.4 Å². The second-order valence-corrected chi connectivity index (χ2v) is 11.7. The Bertz CT molecular complexity index is 1340. The largest absolute Gasteiger partial charge is 0.459 e. The van der Waals surface area contributed by atoms with Gasteiger partial charge < -0.3 is 9.64 Å². The number of esters is 1. The molecule has 0 radical (unpaired) electrons. The molecule has 2 heterocycles. The molecule has 0 aliphatic carbocycles. The molecular formula is C26H24N2O5S. The molecule has 0 spiro atoms. The molecule has 2 fully saturated rings. The Hall–Kier alpha value is -3.62. The quantitative estimate of drug-likeness (QED) is 0.382. The molecule has 2 saturated heterocycles. The summed E-state index contributed by atoms with van der Waals surface area (Å²) in [7, 11) is -3.64. The fourth-order valence-electron chi connectivity index (χ4n) is 4.25. The second-order valence-electron chi connectivity index (χ2n) is 9.04. The number of carbonyl (C=O) groups is 2. The van der Waals surface area contributed by atoms with Crippen LogP contribution in [0.5, 0.6) is 0 Å². The van der Waals surface area contributed by atoms with Gasteiger partial charge in [0.1, 0.15) is 18.0 Å². The van der Waals surface area contributed by atoms with Crippen molar-refractivity contribution in [3.63, 3.8) is 0 Å². The minimum atomic E-state index is -3.64. The highest BCUT2D eigenvalue weighted by Gasteiger charge is 2.68. The van der Waals surface area contributed by atoms with Crippen LogP contribution >= 0.6 is 0 Å². The van der Waals surface area contributed by atoms with Crippen molar-refractivity contribution in [2.75, 3.05) is 0 Å². The fraction of sp³-hybridized carbons (Fsp3) is 0.346. The van der Waals surface area contributed by atoms with E-state index in [2.05, 4.69) is 17.9 Å². The Morgan fingerprint density at radius 3 is 2.35 bits per heavy atom. The van der Waals surface area contributed by atoms with Gasteiger partial charge in [-0.1, -0.05) is 36.1 Å². The molecule has 8 heteroatoms. The number of hydrogen-bond donors (Lipinski definition) is 0. The third kappa shape index (κ3) is 3.95. The number of amides is 1. The SMILES string of the molecule is C[C@@H](C#Cc1ccc(C#N)cc1)c1ccc(COC(=O)[C@@H]2N3C(=O)C[C@H]3S(=O)(=O)C2(C)C)cc1. The van der Waals surface area contributed by atoms with Gasteiger partial charge in [0.15, 0.2) is 9.84 Å². The number of β-lactam (4-membered cyclic amide) rings is 1. The van der Waals surface area contributed by atoms with Crippen LogP contribution in [-0.4, -0.2) is 41.4 Å². The smallest absolute Gasteiger partial charge is 0.330 e. The van der Waals surface area contributed by atoms with Crippen LogP contribution in [0.25, 0.3) is 0 Å². The summed E-state index contributed by atoms with van der Waals surface area (Å²) in [4.78, 5) is 25.9. The number of hydrogen-bond acceptors (Lipinski definition) is 6. The molecule has 0 aromatic heterocycles. The molecule has 2 aliphatic rings. The number of ether oxygens (including phenoxy) is 1. The first kappa shape index (κ1) is 23.5. The van der Waals surface area contributed by atoms with Gasteiger partial charge in [-0.3, -0.25) is 4.79 Å². The van der Waals surface area contributed by atoms with E-state index in [1.54, 1.807) is 12.1 Å². The van der Waals surface area contributed by atoms with Crippen LogP contribution in [0.4, 0.5) is 0 Å². The summed E-state index contributed by atoms with van der Waals surface area (Å²) >= 11 is 0. The highest BCUT2D eigenvalue weighted by molar-refractivity contribution is 7.93. The van der Waals surface area contributed by atoms with Crippen molar-refractivity contribution in [2.45, 2.75) is 55.9 Å². The van der Waals surface area contributed by atoms with E-state index in [9.17, 15) is 18.0 Å². The summed E-state index contributed by atoms with van der Waals surface area (Å²) < 4.78 is 29.3. The lowest BCUT2D eigenvalue weighted by atomic mass is 9.98. The maximum Gasteiger partial charge on any atom is 0.330 e. The Morgan fingerprint density at radius 2 is 1.76 bits per heavy atom. The van der Waals surface area contributed by atoms with Crippen molar-refractivity contribution in [3.8, 4) is 17.9 Å². The topological polar surface area (TPSA) is 105 Å². The minimum Gasteiger partial charge on any atom is -0.459 e. The lowest BCUT2D eigenvalue weighted by molar-refractivity contribution is -0.162. The van der Waals surface area contributed by atoms with Gasteiger partial charge in [-0.2, -0.15) is 5.26 Å².